The molecule has 59 heavy (non-hydrogen) atoms. The molecule has 9 heteroatoms. The van der Waals surface area contributed by atoms with Crippen molar-refractivity contribution < 1.29 is 16.8 Å². The minimum atomic E-state index is -3.92. The van der Waals surface area contributed by atoms with E-state index in [1.54, 1.807) is 48.5 Å². The monoisotopic (exact) mass is 811 g/mol. The van der Waals surface area contributed by atoms with Crippen LogP contribution in [0.4, 0.5) is 17.1 Å². The van der Waals surface area contributed by atoms with Crippen molar-refractivity contribution in [3.8, 4) is 23.9 Å². The molecule has 292 valence electrons. The van der Waals surface area contributed by atoms with Crippen molar-refractivity contribution >= 4 is 37.1 Å². The van der Waals surface area contributed by atoms with Crippen LogP contribution in [0, 0.1) is 37.8 Å². The standard InChI is InChI=1S/C50H41N3O4S2/c1-40-18-30-49(31-19-40)58(54,55)51(38-44-12-6-3-7-13-44)36-34-42-22-26-47(27-23-42)53(46-16-10-5-11-17-46)48-28-24-43(25-29-48)35-37-52(39-45-14-8-4-9-15-45)59(56,57)50-32-20-41(2)21-33-50/h3-33H,38-39H2,1-2H3. The van der Waals surface area contributed by atoms with E-state index in [2.05, 4.69) is 28.8 Å². The largest absolute Gasteiger partial charge is 0.311 e. The van der Waals surface area contributed by atoms with E-state index in [9.17, 15) is 16.8 Å². The van der Waals surface area contributed by atoms with E-state index in [1.165, 1.54) is 8.61 Å². The van der Waals surface area contributed by atoms with Crippen molar-refractivity contribution in [2.45, 2.75) is 36.7 Å². The van der Waals surface area contributed by atoms with Crippen LogP contribution >= 0.6 is 0 Å². The summed E-state index contributed by atoms with van der Waals surface area (Å²) >= 11 is 0. The summed E-state index contributed by atoms with van der Waals surface area (Å²) in [4.78, 5) is 2.44. The summed E-state index contributed by atoms with van der Waals surface area (Å²) in [7, 11) is -7.84. The molecule has 0 aliphatic heterocycles. The van der Waals surface area contributed by atoms with Crippen molar-refractivity contribution in [1.29, 1.82) is 0 Å². The van der Waals surface area contributed by atoms with Gasteiger partial charge in [-0.3, -0.25) is 0 Å². The van der Waals surface area contributed by atoms with E-state index in [-0.39, 0.29) is 22.9 Å². The molecule has 0 bridgehead atoms. The Kier molecular flexibility index (Phi) is 12.3. The Bertz CT molecular complexity index is 2670. The zero-order chi connectivity index (χ0) is 41.2. The zero-order valence-corrected chi connectivity index (χ0v) is 34.2. The lowest BCUT2D eigenvalue weighted by molar-refractivity contribution is 0.507. The lowest BCUT2D eigenvalue weighted by Gasteiger charge is -2.25. The number of nitrogens with zero attached hydrogens (tertiary/aromatic N) is 3. The Hall–Kier alpha value is -7.04. The lowest BCUT2D eigenvalue weighted by Crippen LogP contribution is -2.26. The first kappa shape index (κ1) is 40.2. The summed E-state index contributed by atoms with van der Waals surface area (Å²) in [5.41, 5.74) is 7.48. The van der Waals surface area contributed by atoms with Gasteiger partial charge >= 0.3 is 0 Å². The molecule has 0 unspecified atom stereocenters. The predicted octanol–water partition coefficient (Wildman–Crippen LogP) is 10.2. The molecule has 0 amide bonds. The molecule has 7 rings (SSSR count). The number of para-hydroxylation sites is 1. The molecule has 0 radical (unpaired) electrons. The van der Waals surface area contributed by atoms with Crippen LogP contribution in [0.2, 0.25) is 0 Å². The van der Waals surface area contributed by atoms with E-state index in [0.29, 0.717) is 11.1 Å². The zero-order valence-electron chi connectivity index (χ0n) is 32.6. The first-order chi connectivity index (χ1) is 28.6. The number of benzene rings is 7. The molecule has 7 aromatic rings. The van der Waals surface area contributed by atoms with Gasteiger partial charge in [0.1, 0.15) is 0 Å². The predicted molar refractivity (Wildman–Crippen MR) is 236 cm³/mol. The second kappa shape index (κ2) is 18.0. The van der Waals surface area contributed by atoms with Crippen molar-refractivity contribution in [2.24, 2.45) is 0 Å². The number of sulfonamides is 2. The fraction of sp³-hybridized carbons (Fsp3) is 0.0800. The second-order valence-electron chi connectivity index (χ2n) is 13.9. The maximum atomic E-state index is 13.8. The molecule has 0 saturated heterocycles. The summed E-state index contributed by atoms with van der Waals surface area (Å²) < 4.78 is 57.6. The second-order valence-corrected chi connectivity index (χ2v) is 17.6. The quantitative estimate of drug-likeness (QED) is 0.0961. The normalized spacial score (nSPS) is 11.0. The fourth-order valence-electron chi connectivity index (χ4n) is 6.21. The number of hydrogen-bond donors (Lipinski definition) is 0. The molecular formula is C50H41N3O4S2. The van der Waals surface area contributed by atoms with E-state index >= 15 is 0 Å². The van der Waals surface area contributed by atoms with Gasteiger partial charge in [-0.25, -0.2) is 25.4 Å². The first-order valence-electron chi connectivity index (χ1n) is 18.9. The van der Waals surface area contributed by atoms with Crippen molar-refractivity contribution in [1.82, 2.24) is 8.61 Å². The average Bonchev–Trinajstić information content (AvgIpc) is 3.26. The Morgan fingerprint density at radius 1 is 0.390 bits per heavy atom. The lowest BCUT2D eigenvalue weighted by atomic mass is 10.1. The van der Waals surface area contributed by atoms with Crippen LogP contribution in [-0.2, 0) is 33.1 Å². The van der Waals surface area contributed by atoms with Gasteiger partial charge in [-0.15, -0.1) is 0 Å². The maximum absolute atomic E-state index is 13.8. The van der Waals surface area contributed by atoms with Crippen LogP contribution in [0.5, 0.6) is 0 Å². The topological polar surface area (TPSA) is 78.0 Å². The van der Waals surface area contributed by atoms with Crippen LogP contribution in [0.15, 0.2) is 198 Å². The fourth-order valence-corrected chi connectivity index (χ4v) is 8.65. The van der Waals surface area contributed by atoms with Gasteiger partial charge in [0.2, 0.25) is 0 Å². The number of aryl methyl sites for hydroxylation is 2. The molecule has 0 fully saturated rings. The molecule has 0 atom stereocenters. The van der Waals surface area contributed by atoms with Gasteiger partial charge in [-0.1, -0.05) is 114 Å². The molecule has 0 aliphatic rings. The molecule has 0 saturated carbocycles. The van der Waals surface area contributed by atoms with Crippen LogP contribution in [-0.4, -0.2) is 25.4 Å². The van der Waals surface area contributed by atoms with Crippen molar-refractivity contribution in [2.75, 3.05) is 4.90 Å². The molecular weight excluding hydrogens is 771 g/mol. The van der Waals surface area contributed by atoms with E-state index < -0.39 is 20.0 Å². The molecule has 0 spiro atoms. The minimum Gasteiger partial charge on any atom is -0.311 e. The van der Waals surface area contributed by atoms with Gasteiger partial charge in [-0.05, 0) is 122 Å². The molecule has 7 aromatic carbocycles. The Balaban J connectivity index is 1.17. The van der Waals surface area contributed by atoms with E-state index in [4.69, 9.17) is 0 Å². The SMILES string of the molecule is Cc1ccc(S(=O)(=O)N(C#Cc2ccc(N(c3ccccc3)c3ccc(C#CN(Cc4ccccc4)S(=O)(=O)c4ccc(C)cc4)cc3)cc2)Cc2ccccc2)cc1. The highest BCUT2D eigenvalue weighted by Gasteiger charge is 2.24. The van der Waals surface area contributed by atoms with Gasteiger partial charge in [0, 0.05) is 40.3 Å². The van der Waals surface area contributed by atoms with Crippen molar-refractivity contribution in [3.63, 3.8) is 0 Å². The average molecular weight is 812 g/mol. The maximum Gasteiger partial charge on any atom is 0.271 e. The van der Waals surface area contributed by atoms with Gasteiger partial charge in [0.15, 0.2) is 0 Å². The highest BCUT2D eigenvalue weighted by molar-refractivity contribution is 7.89. The Labute approximate surface area is 347 Å². The van der Waals surface area contributed by atoms with E-state index in [0.717, 1.165) is 39.3 Å². The third kappa shape index (κ3) is 9.92. The number of hydrogen-bond acceptors (Lipinski definition) is 5. The molecule has 7 nitrogen and oxygen atoms in total. The summed E-state index contributed by atoms with van der Waals surface area (Å²) in [6.07, 6.45) is 0. The van der Waals surface area contributed by atoms with Crippen LogP contribution in [0.1, 0.15) is 33.4 Å². The Morgan fingerprint density at radius 3 is 1.07 bits per heavy atom. The first-order valence-corrected chi connectivity index (χ1v) is 21.8. The molecule has 0 aromatic heterocycles. The number of rotatable bonds is 11. The van der Waals surface area contributed by atoms with Crippen LogP contribution in [0.3, 0.4) is 0 Å². The highest BCUT2D eigenvalue weighted by Crippen LogP contribution is 2.34. The Morgan fingerprint density at radius 2 is 0.712 bits per heavy atom. The molecule has 0 N–H and O–H groups in total. The highest BCUT2D eigenvalue weighted by atomic mass is 32.2. The van der Waals surface area contributed by atoms with Crippen LogP contribution < -0.4 is 4.90 Å². The summed E-state index contributed by atoms with van der Waals surface area (Å²) in [6, 6.07) is 63.3. The third-order valence-electron chi connectivity index (χ3n) is 9.47. The summed E-state index contributed by atoms with van der Waals surface area (Å²) in [5, 5.41) is 0. The third-order valence-corrected chi connectivity index (χ3v) is 12.8. The summed E-state index contributed by atoms with van der Waals surface area (Å²) in [5.74, 6) is 6.17. The minimum absolute atomic E-state index is 0.0951. The van der Waals surface area contributed by atoms with Gasteiger partial charge in [0.25, 0.3) is 20.0 Å². The van der Waals surface area contributed by atoms with E-state index in [1.807, 2.05) is 153 Å². The van der Waals surface area contributed by atoms with Crippen molar-refractivity contribution in [3.05, 3.63) is 221 Å². The van der Waals surface area contributed by atoms with Gasteiger partial charge in [-0.2, -0.15) is 0 Å². The van der Waals surface area contributed by atoms with Gasteiger partial charge in [0.05, 0.1) is 22.9 Å². The summed E-state index contributed by atoms with van der Waals surface area (Å²) in [6.45, 7) is 4.02. The van der Waals surface area contributed by atoms with Gasteiger partial charge < -0.3 is 4.90 Å². The smallest absolute Gasteiger partial charge is 0.271 e. The molecule has 0 heterocycles. The molecule has 0 aliphatic carbocycles. The number of anilines is 3. The van der Waals surface area contributed by atoms with Crippen LogP contribution in [0.25, 0.3) is 0 Å².